The fourth-order valence-electron chi connectivity index (χ4n) is 2.51. The molecule has 114 valence electrons. The van der Waals surface area contributed by atoms with Crippen LogP contribution in [0.25, 0.3) is 11.1 Å². The summed E-state index contributed by atoms with van der Waals surface area (Å²) in [5.41, 5.74) is 6.22. The summed E-state index contributed by atoms with van der Waals surface area (Å²) < 4.78 is 0. The second kappa shape index (κ2) is 5.93. The first-order chi connectivity index (χ1) is 10.2. The van der Waals surface area contributed by atoms with Crippen molar-refractivity contribution in [2.24, 2.45) is 4.99 Å². The Morgan fingerprint density at radius 3 is 2.41 bits per heavy atom. The third-order valence-corrected chi connectivity index (χ3v) is 3.76. The van der Waals surface area contributed by atoms with Crippen molar-refractivity contribution >= 4 is 6.21 Å². The molecule has 0 amide bonds. The van der Waals surface area contributed by atoms with Gasteiger partial charge in [0, 0.05) is 17.3 Å². The minimum absolute atomic E-state index is 0.122. The molecule has 0 aromatic rings. The maximum Gasteiger partial charge on any atom is 0.0998 e. The van der Waals surface area contributed by atoms with E-state index in [1.54, 1.807) is 0 Å². The zero-order valence-corrected chi connectivity index (χ0v) is 14.4. The zero-order chi connectivity index (χ0) is 16.5. The van der Waals surface area contributed by atoms with Crippen LogP contribution >= 0.6 is 0 Å². The van der Waals surface area contributed by atoms with Crippen LogP contribution in [0.4, 0.5) is 0 Å². The second-order valence-electron chi connectivity index (χ2n) is 7.16. The third-order valence-electron chi connectivity index (χ3n) is 3.76. The molecule has 2 nitrogen and oxygen atoms in total. The fraction of sp³-hybridized carbons (Fsp3) is 0.400. The molecule has 0 radical (unpaired) electrons. The van der Waals surface area contributed by atoms with Crippen molar-refractivity contribution in [1.82, 2.24) is 0 Å². The van der Waals surface area contributed by atoms with Crippen LogP contribution in [0, 0.1) is 18.3 Å². The Kier molecular flexibility index (Phi) is 4.37. The molecule has 0 saturated carbocycles. The summed E-state index contributed by atoms with van der Waals surface area (Å²) in [4.78, 5) is 4.61. The van der Waals surface area contributed by atoms with Crippen LogP contribution in [0.1, 0.15) is 62.8 Å². The van der Waals surface area contributed by atoms with E-state index in [2.05, 4.69) is 70.8 Å². The van der Waals surface area contributed by atoms with Gasteiger partial charge in [-0.1, -0.05) is 32.0 Å². The van der Waals surface area contributed by atoms with Gasteiger partial charge in [0.1, 0.15) is 0 Å². The topological polar surface area (TPSA) is 36.1 Å². The van der Waals surface area contributed by atoms with Crippen molar-refractivity contribution in [2.45, 2.75) is 53.0 Å². The number of fused-ring (bicyclic) bond motifs is 1. The van der Waals surface area contributed by atoms with Crippen LogP contribution in [-0.2, 0) is 0 Å². The van der Waals surface area contributed by atoms with Crippen LogP contribution in [-0.4, -0.2) is 11.8 Å². The summed E-state index contributed by atoms with van der Waals surface area (Å²) in [6, 6.07) is 10.8. The summed E-state index contributed by atoms with van der Waals surface area (Å²) in [6.07, 6.45) is 1.91. The minimum Gasteiger partial charge on any atom is -0.287 e. The fourth-order valence-corrected chi connectivity index (χ4v) is 2.51. The van der Waals surface area contributed by atoms with Gasteiger partial charge in [-0.25, -0.2) is 0 Å². The Balaban J connectivity index is 2.72. The summed E-state index contributed by atoms with van der Waals surface area (Å²) in [5.74, 6) is 0.447. The van der Waals surface area contributed by atoms with E-state index in [0.29, 0.717) is 5.92 Å². The average molecular weight is 292 g/mol. The van der Waals surface area contributed by atoms with Gasteiger partial charge in [0.2, 0.25) is 0 Å². The first kappa shape index (κ1) is 16.2. The molecule has 0 heterocycles. The molecule has 0 fully saturated rings. The predicted molar refractivity (Wildman–Crippen MR) is 94.0 cm³/mol. The molecule has 22 heavy (non-hydrogen) atoms. The van der Waals surface area contributed by atoms with Crippen LogP contribution in [0.15, 0.2) is 29.3 Å². The molecule has 0 saturated heterocycles. The molecule has 0 unspecified atom stereocenters. The van der Waals surface area contributed by atoms with E-state index >= 15 is 0 Å². The van der Waals surface area contributed by atoms with E-state index in [1.807, 2.05) is 12.3 Å². The lowest BCUT2D eigenvalue weighted by Gasteiger charge is -2.11. The highest BCUT2D eigenvalue weighted by Crippen LogP contribution is 2.35. The van der Waals surface area contributed by atoms with Gasteiger partial charge in [-0.3, -0.25) is 4.99 Å². The van der Waals surface area contributed by atoms with Crippen LogP contribution < -0.4 is 0 Å². The Bertz CT molecular complexity index is 725. The number of rotatable bonds is 2. The highest BCUT2D eigenvalue weighted by molar-refractivity contribution is 5.96. The number of aliphatic imine (C=N–C) groups is 1. The highest BCUT2D eigenvalue weighted by atomic mass is 14.8. The largest absolute Gasteiger partial charge is 0.287 e. The molecule has 2 heteroatoms. The van der Waals surface area contributed by atoms with E-state index in [1.165, 1.54) is 5.56 Å². The molecular formula is C20H24N2. The molecule has 0 N–H and O–H groups in total. The summed E-state index contributed by atoms with van der Waals surface area (Å²) in [5, 5.41) is 9.47. The Morgan fingerprint density at radius 1 is 1.18 bits per heavy atom. The molecule has 2 rings (SSSR count). The molecule has 2 aliphatic rings. The monoisotopic (exact) mass is 292 g/mol. The maximum absolute atomic E-state index is 9.47. The lowest BCUT2D eigenvalue weighted by atomic mass is 10.0. The lowest BCUT2D eigenvalue weighted by Crippen LogP contribution is -2.09. The van der Waals surface area contributed by atoms with Crippen LogP contribution in [0.3, 0.4) is 0 Å². The molecule has 0 aromatic carbocycles. The standard InChI is InChI=1S/C20H24N2/c1-13(2)15-8-7-14(3)19-16(11-21)9-17(18(19)10-15)12-22-20(4,5)6/h7-10,12-13H,1-6H3. The van der Waals surface area contributed by atoms with E-state index in [0.717, 1.165) is 27.8 Å². The predicted octanol–water partition coefficient (Wildman–Crippen LogP) is 5.31. The Morgan fingerprint density at radius 2 is 1.86 bits per heavy atom. The van der Waals surface area contributed by atoms with Crippen LogP contribution in [0.5, 0.6) is 0 Å². The number of hydrogen-bond acceptors (Lipinski definition) is 2. The highest BCUT2D eigenvalue weighted by Gasteiger charge is 2.18. The van der Waals surface area contributed by atoms with Gasteiger partial charge in [0.15, 0.2) is 0 Å². The van der Waals surface area contributed by atoms with Crippen molar-refractivity contribution in [1.29, 1.82) is 5.26 Å². The smallest absolute Gasteiger partial charge is 0.0998 e. The number of nitrogens with zero attached hydrogens (tertiary/aromatic N) is 2. The molecule has 0 aliphatic heterocycles. The maximum atomic E-state index is 9.47. The van der Waals surface area contributed by atoms with Crippen molar-refractivity contribution in [2.75, 3.05) is 0 Å². The molecule has 0 bridgehead atoms. The first-order valence-corrected chi connectivity index (χ1v) is 7.75. The Hall–Kier alpha value is -2.14. The SMILES string of the molecule is Cc1ccc(C(C)C)cc2c(C=NC(C)(C)C)cc(C#N)c1-2. The summed E-state index contributed by atoms with van der Waals surface area (Å²) in [6.45, 7) is 12.7. The van der Waals surface area contributed by atoms with Crippen LogP contribution in [0.2, 0.25) is 0 Å². The van der Waals surface area contributed by atoms with Crippen molar-refractivity contribution < 1.29 is 0 Å². The zero-order valence-electron chi connectivity index (χ0n) is 14.4. The van der Waals surface area contributed by atoms with Gasteiger partial charge in [0.25, 0.3) is 0 Å². The van der Waals surface area contributed by atoms with Gasteiger partial charge in [-0.2, -0.15) is 5.26 Å². The van der Waals surface area contributed by atoms with E-state index in [4.69, 9.17) is 0 Å². The van der Waals surface area contributed by atoms with E-state index in [-0.39, 0.29) is 5.54 Å². The second-order valence-corrected chi connectivity index (χ2v) is 7.16. The van der Waals surface area contributed by atoms with E-state index < -0.39 is 0 Å². The van der Waals surface area contributed by atoms with Crippen molar-refractivity contribution in [3.8, 4) is 17.2 Å². The Labute approximate surface area is 133 Å². The van der Waals surface area contributed by atoms with Crippen molar-refractivity contribution in [3.05, 3.63) is 46.5 Å². The minimum atomic E-state index is -0.122. The number of nitriles is 1. The molecule has 0 atom stereocenters. The molecule has 0 aromatic heterocycles. The third kappa shape index (κ3) is 3.36. The number of hydrogen-bond donors (Lipinski definition) is 0. The van der Waals surface area contributed by atoms with E-state index in [9.17, 15) is 5.26 Å². The summed E-state index contributed by atoms with van der Waals surface area (Å²) in [7, 11) is 0. The van der Waals surface area contributed by atoms with Crippen molar-refractivity contribution in [3.63, 3.8) is 0 Å². The van der Waals surface area contributed by atoms with Gasteiger partial charge in [-0.15, -0.1) is 0 Å². The number of aryl methyl sites for hydroxylation is 1. The van der Waals surface area contributed by atoms with Gasteiger partial charge in [-0.05, 0) is 56.4 Å². The average Bonchev–Trinajstić information content (AvgIpc) is 2.67. The molecule has 0 spiro atoms. The van der Waals surface area contributed by atoms with Gasteiger partial charge >= 0.3 is 0 Å². The van der Waals surface area contributed by atoms with Gasteiger partial charge < -0.3 is 0 Å². The summed E-state index contributed by atoms with van der Waals surface area (Å²) >= 11 is 0. The lowest BCUT2D eigenvalue weighted by molar-refractivity contribution is 0.587. The molecular weight excluding hydrogens is 268 g/mol. The quantitative estimate of drug-likeness (QED) is 0.691. The molecule has 2 aliphatic carbocycles. The van der Waals surface area contributed by atoms with Gasteiger partial charge in [0.05, 0.1) is 17.2 Å². The normalized spacial score (nSPS) is 12.3. The first-order valence-electron chi connectivity index (χ1n) is 7.75.